The van der Waals surface area contributed by atoms with Crippen LogP contribution >= 0.6 is 23.1 Å². The standard InChI is InChI=1S/C20H22N6O8S2.Na/c21-19-22-11(9-36-19)12(24-32)15(27)23-13-16(28)26-14(18(29)30)10(8-35-17(13)26)2-1-5-34-20(31)25-3-6-33-7-4-25;/h1-2,9,13,17,32H,3-8H2,(H2,21,22)(H,23,27)(H,29,30);/q;+1/p-1/b2-1-,24-12+;/t13-,17-;/m1./s1. The molecule has 0 aliphatic carbocycles. The third kappa shape index (κ3) is 6.27. The van der Waals surface area contributed by atoms with Crippen molar-refractivity contribution in [3.8, 4) is 0 Å². The van der Waals surface area contributed by atoms with E-state index in [-0.39, 0.29) is 58.4 Å². The molecule has 3 aliphatic heterocycles. The number of fused-ring (bicyclic) bond motifs is 1. The van der Waals surface area contributed by atoms with Gasteiger partial charge in [0.15, 0.2) is 11.2 Å². The summed E-state index contributed by atoms with van der Waals surface area (Å²) in [6.45, 7) is 1.67. The second kappa shape index (κ2) is 12.7. The largest absolute Gasteiger partial charge is 1.00 e. The van der Waals surface area contributed by atoms with Crippen LogP contribution < -0.4 is 40.4 Å². The summed E-state index contributed by atoms with van der Waals surface area (Å²) < 4.78 is 10.4. The van der Waals surface area contributed by atoms with Crippen LogP contribution in [0.5, 0.6) is 0 Å². The molecule has 2 amide bonds. The number of thioether (sulfide) groups is 1. The number of nitrogens with zero attached hydrogens (tertiary/aromatic N) is 5. The molecule has 0 saturated carbocycles. The number of rotatable bonds is 7. The summed E-state index contributed by atoms with van der Waals surface area (Å²) >= 11 is 2.26. The minimum absolute atomic E-state index is 0. The van der Waals surface area contributed by atoms with Crippen LogP contribution in [0.15, 0.2) is 39.0 Å². The van der Waals surface area contributed by atoms with E-state index in [9.17, 15) is 29.8 Å². The number of hydrogen-bond donors (Lipinski definition) is 3. The Hall–Kier alpha value is -2.63. The molecule has 1 aromatic rings. The van der Waals surface area contributed by atoms with Gasteiger partial charge in [-0.1, -0.05) is 11.2 Å². The molecule has 4 N–H and O–H groups in total. The van der Waals surface area contributed by atoms with Crippen LogP contribution in [0, 0.1) is 0 Å². The Morgan fingerprint density at radius 2 is 2.11 bits per heavy atom. The number of aliphatic carboxylic acids is 1. The number of ether oxygens (including phenoxy) is 2. The first-order chi connectivity index (χ1) is 17.3. The third-order valence-electron chi connectivity index (χ3n) is 5.39. The summed E-state index contributed by atoms with van der Waals surface area (Å²) in [5, 5.41) is 35.3. The first-order valence-corrected chi connectivity index (χ1v) is 12.5. The average Bonchev–Trinajstić information content (AvgIpc) is 3.30. The fraction of sp³-hybridized carbons (Fsp3) is 0.400. The van der Waals surface area contributed by atoms with Crippen molar-refractivity contribution in [1.29, 1.82) is 0 Å². The molecule has 17 heteroatoms. The van der Waals surface area contributed by atoms with Gasteiger partial charge in [-0.05, 0) is 11.6 Å². The molecular formula is C20H21N6NaO8S2. The molecule has 2 atom stereocenters. The first kappa shape index (κ1) is 28.9. The molecule has 4 rings (SSSR count). The van der Waals surface area contributed by atoms with Crippen LogP contribution in [0.25, 0.3) is 0 Å². The number of amides is 2. The summed E-state index contributed by atoms with van der Waals surface area (Å²) in [5.41, 5.74) is 5.19. The first-order valence-electron chi connectivity index (χ1n) is 10.6. The van der Waals surface area contributed by atoms with Gasteiger partial charge in [-0.2, -0.15) is 0 Å². The number of aliphatic imine (C=N–C) groups is 1. The summed E-state index contributed by atoms with van der Waals surface area (Å²) in [4.78, 5) is 47.0. The zero-order chi connectivity index (χ0) is 25.8. The van der Waals surface area contributed by atoms with E-state index in [0.717, 1.165) is 16.2 Å². The smallest absolute Gasteiger partial charge is 0.857 e. The van der Waals surface area contributed by atoms with Gasteiger partial charge in [0.25, 0.3) is 5.91 Å². The average molecular weight is 561 g/mol. The molecular weight excluding hydrogens is 539 g/mol. The van der Waals surface area contributed by atoms with Crippen molar-refractivity contribution < 1.29 is 68.8 Å². The van der Waals surface area contributed by atoms with Crippen molar-refractivity contribution in [2.75, 3.05) is 44.4 Å². The van der Waals surface area contributed by atoms with E-state index in [1.54, 1.807) is 0 Å². The predicted molar refractivity (Wildman–Crippen MR) is 127 cm³/mol. The SMILES string of the molecule is Nc1nc(/C(=N\O)C([O-])=N[C@@H]2C(=O)N3C(C(=O)O)=C(/C=C\COC(=O)N4CCOCC4)CS[C@H]23)cs1.[Na+]. The topological polar surface area (TPSA) is 203 Å². The second-order valence-electron chi connectivity index (χ2n) is 7.57. The molecule has 2 fully saturated rings. The van der Waals surface area contributed by atoms with Crippen LogP contribution in [0.3, 0.4) is 0 Å². The van der Waals surface area contributed by atoms with E-state index in [0.29, 0.717) is 31.9 Å². The van der Waals surface area contributed by atoms with Crippen LogP contribution in [-0.4, -0.2) is 105 Å². The zero-order valence-electron chi connectivity index (χ0n) is 19.6. The Balaban J connectivity index is 0.00000380. The maximum Gasteiger partial charge on any atom is 1.00 e. The Morgan fingerprint density at radius 1 is 1.38 bits per heavy atom. The number of aromatic nitrogens is 1. The third-order valence-corrected chi connectivity index (χ3v) is 7.35. The van der Waals surface area contributed by atoms with Gasteiger partial charge in [-0.15, -0.1) is 23.1 Å². The van der Waals surface area contributed by atoms with Crippen molar-refractivity contribution in [1.82, 2.24) is 14.8 Å². The van der Waals surface area contributed by atoms with Gasteiger partial charge in [0, 0.05) is 30.1 Å². The monoisotopic (exact) mass is 560 g/mol. The number of allylic oxidation sites excluding steroid dienone is 1. The number of β-lactam (4-membered cyclic amide) rings is 1. The van der Waals surface area contributed by atoms with E-state index in [2.05, 4.69) is 15.1 Å². The number of hydrogen-bond acceptors (Lipinski definition) is 13. The number of carboxylic acids is 1. The maximum atomic E-state index is 12.8. The van der Waals surface area contributed by atoms with Gasteiger partial charge in [0.2, 0.25) is 0 Å². The molecule has 1 aromatic heterocycles. The van der Waals surface area contributed by atoms with Crippen LogP contribution in [0.1, 0.15) is 5.69 Å². The minimum atomic E-state index is -1.32. The van der Waals surface area contributed by atoms with Gasteiger partial charge in [-0.3, -0.25) is 14.7 Å². The molecule has 0 radical (unpaired) electrons. The summed E-state index contributed by atoms with van der Waals surface area (Å²) in [6.07, 6.45) is 2.49. The number of carboxylic acid groups (broad SMARTS) is 1. The van der Waals surface area contributed by atoms with Gasteiger partial charge in [0.05, 0.1) is 13.2 Å². The maximum absolute atomic E-state index is 12.8. The summed E-state index contributed by atoms with van der Waals surface area (Å²) in [7, 11) is 0. The molecule has 0 unspecified atom stereocenters. The number of carbonyl (C=O) groups excluding carboxylic acids is 2. The second-order valence-corrected chi connectivity index (χ2v) is 9.56. The van der Waals surface area contributed by atoms with Crippen molar-refractivity contribution in [3.05, 3.63) is 34.5 Å². The predicted octanol–water partition coefficient (Wildman–Crippen LogP) is -3.69. The van der Waals surface area contributed by atoms with Crippen molar-refractivity contribution in [3.63, 3.8) is 0 Å². The number of nitrogens with two attached hydrogens (primary N) is 1. The van der Waals surface area contributed by atoms with Crippen molar-refractivity contribution in [2.24, 2.45) is 10.1 Å². The molecule has 37 heavy (non-hydrogen) atoms. The Labute approximate surface area is 240 Å². The number of thiazole rings is 1. The number of morpholine rings is 1. The van der Waals surface area contributed by atoms with Gasteiger partial charge < -0.3 is 35.5 Å². The number of nitrogen functional groups attached to an aromatic ring is 1. The number of carbonyl (C=O) groups is 3. The Kier molecular flexibility index (Phi) is 9.97. The zero-order valence-corrected chi connectivity index (χ0v) is 23.2. The normalized spacial score (nSPS) is 22.4. The van der Waals surface area contributed by atoms with E-state index >= 15 is 0 Å². The fourth-order valence-electron chi connectivity index (χ4n) is 3.67. The summed E-state index contributed by atoms with van der Waals surface area (Å²) in [5.74, 6) is -2.76. The number of oxime groups is 1. The van der Waals surface area contributed by atoms with Crippen LogP contribution in [0.2, 0.25) is 0 Å². The van der Waals surface area contributed by atoms with Crippen molar-refractivity contribution >= 4 is 57.8 Å². The molecule has 0 spiro atoms. The fourth-order valence-corrected chi connectivity index (χ4v) is 5.52. The quantitative estimate of drug-likeness (QED) is 0.0740. The minimum Gasteiger partial charge on any atom is -0.857 e. The molecule has 192 valence electrons. The van der Waals surface area contributed by atoms with Crippen LogP contribution in [-0.2, 0) is 19.1 Å². The molecule has 2 saturated heterocycles. The Bertz CT molecular complexity index is 1180. The van der Waals surface area contributed by atoms with E-state index in [1.165, 1.54) is 34.2 Å². The molecule has 0 aromatic carbocycles. The molecule has 3 aliphatic rings. The van der Waals surface area contributed by atoms with Gasteiger partial charge >= 0.3 is 41.6 Å². The Morgan fingerprint density at radius 3 is 2.73 bits per heavy atom. The molecule has 4 heterocycles. The van der Waals surface area contributed by atoms with Crippen molar-refractivity contribution in [2.45, 2.75) is 11.4 Å². The van der Waals surface area contributed by atoms with E-state index in [4.69, 9.17) is 15.2 Å². The molecule has 0 bridgehead atoms. The van der Waals surface area contributed by atoms with Gasteiger partial charge in [0.1, 0.15) is 29.1 Å². The van der Waals surface area contributed by atoms with Gasteiger partial charge in [-0.25, -0.2) is 14.6 Å². The van der Waals surface area contributed by atoms with Crippen LogP contribution in [0.4, 0.5) is 9.93 Å². The number of anilines is 1. The molecule has 14 nitrogen and oxygen atoms in total. The van der Waals surface area contributed by atoms with E-state index in [1.807, 2.05) is 0 Å². The summed E-state index contributed by atoms with van der Waals surface area (Å²) in [6, 6.07) is -1.15. The van der Waals surface area contributed by atoms with E-state index < -0.39 is 41.0 Å².